The predicted octanol–water partition coefficient (Wildman–Crippen LogP) is 0.0290. The van der Waals surface area contributed by atoms with Gasteiger partial charge in [0.1, 0.15) is 6.29 Å². The number of nitro groups is 2. The first-order valence-electron chi connectivity index (χ1n) is 4.77. The number of benzene rings is 1. The Morgan fingerprint density at radius 2 is 1.78 bits per heavy atom. The molecule has 18 heavy (non-hydrogen) atoms. The third kappa shape index (κ3) is 2.64. The lowest BCUT2D eigenvalue weighted by molar-refractivity contribution is -0.394. The first-order valence-corrected chi connectivity index (χ1v) is 4.77. The highest BCUT2D eigenvalue weighted by Gasteiger charge is 2.26. The second-order valence-corrected chi connectivity index (χ2v) is 3.50. The van der Waals surface area contributed by atoms with Gasteiger partial charge in [-0.1, -0.05) is 0 Å². The highest BCUT2D eigenvalue weighted by molar-refractivity contribution is 5.61. The van der Waals surface area contributed by atoms with Gasteiger partial charge in [0.2, 0.25) is 0 Å². The van der Waals surface area contributed by atoms with Crippen LogP contribution in [0.2, 0.25) is 0 Å². The monoisotopic (exact) mass is 254 g/mol. The Bertz CT molecular complexity index is 504. The molecule has 0 heterocycles. The van der Waals surface area contributed by atoms with E-state index in [0.29, 0.717) is 6.29 Å². The lowest BCUT2D eigenvalue weighted by Crippen LogP contribution is -2.35. The number of carbonyl (C=O) groups is 1. The van der Waals surface area contributed by atoms with Crippen molar-refractivity contribution in [2.24, 2.45) is 11.5 Å². The average Bonchev–Trinajstić information content (AvgIpc) is 2.35. The molecular formula is C9H10N4O5. The van der Waals surface area contributed by atoms with Gasteiger partial charge in [-0.2, -0.15) is 0 Å². The minimum atomic E-state index is -1.12. The maximum absolute atomic E-state index is 10.8. The van der Waals surface area contributed by atoms with Gasteiger partial charge in [-0.05, 0) is 6.07 Å². The van der Waals surface area contributed by atoms with Crippen molar-refractivity contribution in [1.82, 2.24) is 0 Å². The van der Waals surface area contributed by atoms with Gasteiger partial charge in [0, 0.05) is 11.6 Å². The van der Waals surface area contributed by atoms with Crippen LogP contribution in [-0.2, 0) is 4.79 Å². The fraction of sp³-hybridized carbons (Fsp3) is 0.222. The Morgan fingerprint density at radius 1 is 1.17 bits per heavy atom. The van der Waals surface area contributed by atoms with Crippen LogP contribution in [0.5, 0.6) is 0 Å². The lowest BCUT2D eigenvalue weighted by atomic mass is 9.99. The van der Waals surface area contributed by atoms with E-state index in [1.807, 2.05) is 0 Å². The van der Waals surface area contributed by atoms with Crippen LogP contribution in [0.1, 0.15) is 11.6 Å². The highest BCUT2D eigenvalue weighted by Crippen LogP contribution is 2.29. The Balaban J connectivity index is 3.31. The van der Waals surface area contributed by atoms with E-state index in [2.05, 4.69) is 0 Å². The van der Waals surface area contributed by atoms with Crippen LogP contribution in [0.25, 0.3) is 0 Å². The number of aldehydes is 1. The first kappa shape index (κ1) is 13.7. The number of nitrogens with zero attached hydrogens (tertiary/aromatic N) is 2. The molecule has 2 atom stereocenters. The van der Waals surface area contributed by atoms with E-state index in [1.54, 1.807) is 0 Å². The zero-order valence-electron chi connectivity index (χ0n) is 9.05. The third-order valence-electron chi connectivity index (χ3n) is 2.35. The molecule has 1 rings (SSSR count). The molecule has 96 valence electrons. The molecule has 1 aromatic rings. The summed E-state index contributed by atoms with van der Waals surface area (Å²) in [5.41, 5.74) is 9.96. The van der Waals surface area contributed by atoms with Crippen molar-refractivity contribution in [3.05, 3.63) is 44.0 Å². The van der Waals surface area contributed by atoms with Gasteiger partial charge in [-0.3, -0.25) is 20.2 Å². The summed E-state index contributed by atoms with van der Waals surface area (Å²) in [6, 6.07) is 0.769. The van der Waals surface area contributed by atoms with Crippen molar-refractivity contribution in [3.63, 3.8) is 0 Å². The SMILES string of the molecule is NC(C=O)C(N)c1ccc([N+](=O)[O-])cc1[N+](=O)[O-]. The van der Waals surface area contributed by atoms with Crippen LogP contribution in [0.4, 0.5) is 11.4 Å². The molecule has 0 aliphatic rings. The van der Waals surface area contributed by atoms with E-state index in [4.69, 9.17) is 11.5 Å². The van der Waals surface area contributed by atoms with Crippen LogP contribution < -0.4 is 11.5 Å². The normalized spacial score (nSPS) is 13.7. The Morgan fingerprint density at radius 3 is 2.22 bits per heavy atom. The quantitative estimate of drug-likeness (QED) is 0.426. The van der Waals surface area contributed by atoms with Crippen molar-refractivity contribution < 1.29 is 14.6 Å². The van der Waals surface area contributed by atoms with E-state index in [1.165, 1.54) is 0 Å². The van der Waals surface area contributed by atoms with Crippen molar-refractivity contribution in [2.45, 2.75) is 12.1 Å². The summed E-state index contributed by atoms with van der Waals surface area (Å²) in [6.45, 7) is 0. The number of carbonyl (C=O) groups excluding carboxylic acids is 1. The van der Waals surface area contributed by atoms with Gasteiger partial charge in [0.15, 0.2) is 0 Å². The molecule has 9 nitrogen and oxygen atoms in total. The maximum atomic E-state index is 10.8. The van der Waals surface area contributed by atoms with Crippen molar-refractivity contribution in [2.75, 3.05) is 0 Å². The van der Waals surface area contributed by atoms with Gasteiger partial charge in [-0.15, -0.1) is 0 Å². The molecule has 0 fully saturated rings. The van der Waals surface area contributed by atoms with E-state index in [9.17, 15) is 25.0 Å². The number of nitro benzene ring substituents is 2. The minimum absolute atomic E-state index is 0.0230. The van der Waals surface area contributed by atoms with Crippen LogP contribution in [-0.4, -0.2) is 22.2 Å². The fourth-order valence-electron chi connectivity index (χ4n) is 1.38. The summed E-state index contributed by atoms with van der Waals surface area (Å²) in [7, 11) is 0. The zero-order chi connectivity index (χ0) is 13.9. The minimum Gasteiger partial charge on any atom is -0.322 e. The van der Waals surface area contributed by atoms with Crippen LogP contribution in [0, 0.1) is 20.2 Å². The molecular weight excluding hydrogens is 244 g/mol. The molecule has 0 saturated carbocycles. The summed E-state index contributed by atoms with van der Waals surface area (Å²) in [5.74, 6) is 0. The van der Waals surface area contributed by atoms with Crippen LogP contribution in [0.3, 0.4) is 0 Å². The first-order chi connectivity index (χ1) is 8.38. The number of hydrogen-bond acceptors (Lipinski definition) is 7. The second-order valence-electron chi connectivity index (χ2n) is 3.50. The smallest absolute Gasteiger partial charge is 0.281 e. The van der Waals surface area contributed by atoms with Gasteiger partial charge < -0.3 is 16.3 Å². The third-order valence-corrected chi connectivity index (χ3v) is 2.35. The molecule has 0 radical (unpaired) electrons. The van der Waals surface area contributed by atoms with E-state index in [-0.39, 0.29) is 5.56 Å². The summed E-state index contributed by atoms with van der Waals surface area (Å²) < 4.78 is 0. The molecule has 4 N–H and O–H groups in total. The number of rotatable bonds is 5. The Hall–Kier alpha value is -2.39. The van der Waals surface area contributed by atoms with Crippen LogP contribution in [0.15, 0.2) is 18.2 Å². The largest absolute Gasteiger partial charge is 0.322 e. The summed E-state index contributed by atoms with van der Waals surface area (Å²) >= 11 is 0. The number of hydrogen-bond donors (Lipinski definition) is 2. The van der Waals surface area contributed by atoms with Crippen LogP contribution >= 0.6 is 0 Å². The predicted molar refractivity (Wildman–Crippen MR) is 60.7 cm³/mol. The van der Waals surface area contributed by atoms with Crippen molar-refractivity contribution >= 4 is 17.7 Å². The summed E-state index contributed by atoms with van der Waals surface area (Å²) in [4.78, 5) is 30.3. The zero-order valence-corrected chi connectivity index (χ0v) is 9.05. The molecule has 0 bridgehead atoms. The molecule has 0 spiro atoms. The van der Waals surface area contributed by atoms with Crippen molar-refractivity contribution in [1.29, 1.82) is 0 Å². The second kappa shape index (κ2) is 5.29. The topological polar surface area (TPSA) is 155 Å². The highest BCUT2D eigenvalue weighted by atomic mass is 16.6. The maximum Gasteiger partial charge on any atom is 0.281 e. The average molecular weight is 254 g/mol. The van der Waals surface area contributed by atoms with Gasteiger partial charge in [0.25, 0.3) is 11.4 Å². The summed E-state index contributed by atoms with van der Waals surface area (Å²) in [5, 5.41) is 21.3. The van der Waals surface area contributed by atoms with Gasteiger partial charge in [0.05, 0.1) is 28.0 Å². The Kier molecular flexibility index (Phi) is 4.02. The van der Waals surface area contributed by atoms with E-state index < -0.39 is 33.3 Å². The number of nitrogens with two attached hydrogens (primary N) is 2. The van der Waals surface area contributed by atoms with E-state index in [0.717, 1.165) is 18.2 Å². The molecule has 0 aromatic heterocycles. The van der Waals surface area contributed by atoms with E-state index >= 15 is 0 Å². The number of non-ortho nitro benzene ring substituents is 1. The fourth-order valence-corrected chi connectivity index (χ4v) is 1.38. The molecule has 0 amide bonds. The molecule has 0 aliphatic carbocycles. The molecule has 0 saturated heterocycles. The molecule has 0 aliphatic heterocycles. The lowest BCUT2D eigenvalue weighted by Gasteiger charge is -2.14. The summed E-state index contributed by atoms with van der Waals surface area (Å²) in [6.07, 6.45) is 0.357. The molecule has 9 heteroatoms. The van der Waals surface area contributed by atoms with Gasteiger partial charge >= 0.3 is 0 Å². The van der Waals surface area contributed by atoms with Gasteiger partial charge in [-0.25, -0.2) is 0 Å². The molecule has 2 unspecified atom stereocenters. The standard InChI is InChI=1S/C9H10N4O5/c10-7(4-14)9(11)6-2-1-5(12(15)16)3-8(6)13(17)18/h1-4,7,9H,10-11H2. The Labute approximate surface area is 101 Å². The van der Waals surface area contributed by atoms with Crippen molar-refractivity contribution in [3.8, 4) is 0 Å². The molecule has 1 aromatic carbocycles.